The van der Waals surface area contributed by atoms with Crippen molar-refractivity contribution < 1.29 is 18.0 Å². The molecule has 0 aliphatic carbocycles. The fourth-order valence-corrected chi connectivity index (χ4v) is 4.81. The molecule has 2 heterocycles. The summed E-state index contributed by atoms with van der Waals surface area (Å²) in [5, 5.41) is 6.76. The minimum absolute atomic E-state index is 0.0543. The van der Waals surface area contributed by atoms with Gasteiger partial charge >= 0.3 is 6.18 Å². The summed E-state index contributed by atoms with van der Waals surface area (Å²) in [6.07, 6.45) is -4.49. The summed E-state index contributed by atoms with van der Waals surface area (Å²) in [5.74, 6) is 0.213. The third kappa shape index (κ3) is 3.53. The number of aromatic nitrogens is 2. The maximum atomic E-state index is 13.7. The Morgan fingerprint density at radius 3 is 2.52 bits per heavy atom. The molecular formula is C21H18F3N3OS. The Bertz CT molecular complexity index is 1090. The molecule has 0 spiro atoms. The zero-order chi connectivity index (χ0) is 20.8. The average Bonchev–Trinajstić information content (AvgIpc) is 2.87. The highest BCUT2D eigenvalue weighted by molar-refractivity contribution is 8.00. The zero-order valence-corrected chi connectivity index (χ0v) is 16.6. The molecule has 3 aromatic rings. The van der Waals surface area contributed by atoms with Crippen LogP contribution in [0.1, 0.15) is 33.2 Å². The van der Waals surface area contributed by atoms with Crippen molar-refractivity contribution in [1.82, 2.24) is 9.78 Å². The molecule has 2 aromatic carbocycles. The van der Waals surface area contributed by atoms with Crippen molar-refractivity contribution in [2.75, 3.05) is 11.1 Å². The van der Waals surface area contributed by atoms with Crippen molar-refractivity contribution in [3.8, 4) is 5.69 Å². The molecular weight excluding hydrogens is 399 g/mol. The lowest BCUT2D eigenvalue weighted by molar-refractivity contribution is -0.138. The van der Waals surface area contributed by atoms with Gasteiger partial charge in [0, 0.05) is 5.56 Å². The smallest absolute Gasteiger partial charge is 0.310 e. The molecule has 1 atom stereocenters. The summed E-state index contributed by atoms with van der Waals surface area (Å²) in [6.45, 7) is 3.68. The van der Waals surface area contributed by atoms with Crippen LogP contribution in [0, 0.1) is 13.8 Å². The van der Waals surface area contributed by atoms with E-state index in [0.29, 0.717) is 17.1 Å². The molecule has 150 valence electrons. The molecule has 4 rings (SSSR count). The molecule has 0 radical (unpaired) electrons. The quantitative estimate of drug-likeness (QED) is 0.617. The number of carbonyl (C=O) groups excluding carboxylic acids is 1. The van der Waals surface area contributed by atoms with E-state index in [1.165, 1.54) is 23.9 Å². The van der Waals surface area contributed by atoms with Gasteiger partial charge in [-0.05, 0) is 37.1 Å². The van der Waals surface area contributed by atoms with Crippen LogP contribution < -0.4 is 5.32 Å². The summed E-state index contributed by atoms with van der Waals surface area (Å²) in [6, 6.07) is 13.1. The lowest BCUT2D eigenvalue weighted by Crippen LogP contribution is -2.16. The number of thioether (sulfide) groups is 1. The number of hydrogen-bond donors (Lipinski definition) is 1. The zero-order valence-electron chi connectivity index (χ0n) is 15.7. The Kier molecular flexibility index (Phi) is 4.90. The summed E-state index contributed by atoms with van der Waals surface area (Å²) < 4.78 is 42.6. The van der Waals surface area contributed by atoms with Gasteiger partial charge in [-0.25, -0.2) is 4.68 Å². The number of nitrogens with zero attached hydrogens (tertiary/aromatic N) is 2. The van der Waals surface area contributed by atoms with E-state index in [2.05, 4.69) is 10.4 Å². The fourth-order valence-electron chi connectivity index (χ4n) is 3.59. The minimum Gasteiger partial charge on any atom is -0.310 e. The SMILES string of the molecule is Cc1ccccc1-n1nc(C)c2c1NC(=O)CS[C@@H]2c1ccccc1C(F)(F)F. The van der Waals surface area contributed by atoms with Crippen LogP contribution in [0.25, 0.3) is 5.69 Å². The largest absolute Gasteiger partial charge is 0.416 e. The monoisotopic (exact) mass is 417 g/mol. The van der Waals surface area contributed by atoms with Crippen LogP contribution in [0.15, 0.2) is 48.5 Å². The van der Waals surface area contributed by atoms with Crippen molar-refractivity contribution in [1.29, 1.82) is 0 Å². The average molecular weight is 417 g/mol. The van der Waals surface area contributed by atoms with Crippen LogP contribution in [0.3, 0.4) is 0 Å². The molecule has 0 bridgehead atoms. The standard InChI is InChI=1S/C21H18F3N3OS/c1-12-7-3-6-10-16(12)27-20-18(13(2)26-27)19(29-11-17(28)25-20)14-8-4-5-9-15(14)21(22,23)24/h3-10,19H,11H2,1-2H3,(H,25,28)/t19-/m1/s1. The maximum Gasteiger partial charge on any atom is 0.416 e. The van der Waals surface area contributed by atoms with Crippen molar-refractivity contribution in [3.05, 3.63) is 76.5 Å². The number of anilines is 1. The maximum absolute atomic E-state index is 13.7. The number of hydrogen-bond acceptors (Lipinski definition) is 3. The minimum atomic E-state index is -4.49. The predicted octanol–water partition coefficient (Wildman–Crippen LogP) is 5.28. The molecule has 4 nitrogen and oxygen atoms in total. The van der Waals surface area contributed by atoms with Gasteiger partial charge in [-0.15, -0.1) is 11.8 Å². The number of para-hydroxylation sites is 1. The number of amides is 1. The van der Waals surface area contributed by atoms with Gasteiger partial charge in [0.2, 0.25) is 5.91 Å². The first-order chi connectivity index (χ1) is 13.8. The summed E-state index contributed by atoms with van der Waals surface area (Å²) in [4.78, 5) is 12.4. The van der Waals surface area contributed by atoms with Gasteiger partial charge < -0.3 is 5.32 Å². The summed E-state index contributed by atoms with van der Waals surface area (Å²) in [7, 11) is 0. The van der Waals surface area contributed by atoms with E-state index in [9.17, 15) is 18.0 Å². The lowest BCUT2D eigenvalue weighted by Gasteiger charge is -2.20. The van der Waals surface area contributed by atoms with Gasteiger partial charge in [0.05, 0.1) is 27.9 Å². The van der Waals surface area contributed by atoms with Crippen molar-refractivity contribution in [2.45, 2.75) is 25.3 Å². The molecule has 29 heavy (non-hydrogen) atoms. The number of nitrogens with one attached hydrogen (secondary N) is 1. The fraction of sp³-hybridized carbons (Fsp3) is 0.238. The summed E-state index contributed by atoms with van der Waals surface area (Å²) in [5.41, 5.74) is 2.33. The highest BCUT2D eigenvalue weighted by atomic mass is 32.2. The molecule has 0 fully saturated rings. The van der Waals surface area contributed by atoms with E-state index in [0.717, 1.165) is 17.3 Å². The number of alkyl halides is 3. The van der Waals surface area contributed by atoms with Crippen LogP contribution in [0.2, 0.25) is 0 Å². The molecule has 0 saturated carbocycles. The number of carbonyl (C=O) groups is 1. The van der Waals surface area contributed by atoms with Crippen LogP contribution >= 0.6 is 11.8 Å². The lowest BCUT2D eigenvalue weighted by atomic mass is 9.98. The molecule has 1 aromatic heterocycles. The Morgan fingerprint density at radius 1 is 1.10 bits per heavy atom. The number of rotatable bonds is 2. The highest BCUT2D eigenvalue weighted by Gasteiger charge is 2.38. The molecule has 8 heteroatoms. The highest BCUT2D eigenvalue weighted by Crippen LogP contribution is 2.47. The van der Waals surface area contributed by atoms with Crippen LogP contribution in [0.4, 0.5) is 19.0 Å². The van der Waals surface area contributed by atoms with E-state index >= 15 is 0 Å². The second kappa shape index (κ2) is 7.26. The molecule has 0 saturated heterocycles. The number of benzene rings is 2. The van der Waals surface area contributed by atoms with E-state index in [-0.39, 0.29) is 17.2 Å². The second-order valence-electron chi connectivity index (χ2n) is 6.87. The Balaban J connectivity index is 1.95. The van der Waals surface area contributed by atoms with Crippen molar-refractivity contribution in [3.63, 3.8) is 0 Å². The number of aryl methyl sites for hydroxylation is 2. The van der Waals surface area contributed by atoms with Gasteiger partial charge in [0.25, 0.3) is 0 Å². The molecule has 1 aliphatic heterocycles. The molecule has 1 amide bonds. The van der Waals surface area contributed by atoms with E-state index in [1.807, 2.05) is 31.2 Å². The van der Waals surface area contributed by atoms with E-state index < -0.39 is 17.0 Å². The van der Waals surface area contributed by atoms with Crippen LogP contribution in [-0.2, 0) is 11.0 Å². The Labute approximate surface area is 170 Å². The number of fused-ring (bicyclic) bond motifs is 1. The van der Waals surface area contributed by atoms with Crippen molar-refractivity contribution in [2.24, 2.45) is 0 Å². The van der Waals surface area contributed by atoms with Crippen LogP contribution in [-0.4, -0.2) is 21.4 Å². The third-order valence-electron chi connectivity index (χ3n) is 4.90. The van der Waals surface area contributed by atoms with Gasteiger partial charge in [0.1, 0.15) is 5.82 Å². The predicted molar refractivity (Wildman–Crippen MR) is 107 cm³/mol. The first-order valence-electron chi connectivity index (χ1n) is 9.00. The van der Waals surface area contributed by atoms with Crippen LogP contribution in [0.5, 0.6) is 0 Å². The van der Waals surface area contributed by atoms with E-state index in [1.54, 1.807) is 17.7 Å². The van der Waals surface area contributed by atoms with Crippen molar-refractivity contribution >= 4 is 23.5 Å². The first kappa shape index (κ1) is 19.6. The normalized spacial score (nSPS) is 16.9. The first-order valence-corrected chi connectivity index (χ1v) is 10.1. The summed E-state index contributed by atoms with van der Waals surface area (Å²) >= 11 is 1.18. The second-order valence-corrected chi connectivity index (χ2v) is 7.96. The van der Waals surface area contributed by atoms with Gasteiger partial charge in [0.15, 0.2) is 0 Å². The van der Waals surface area contributed by atoms with Gasteiger partial charge in [-0.2, -0.15) is 18.3 Å². The van der Waals surface area contributed by atoms with E-state index in [4.69, 9.17) is 0 Å². The Hall–Kier alpha value is -2.74. The molecule has 0 unspecified atom stereocenters. The molecule has 1 N–H and O–H groups in total. The van der Waals surface area contributed by atoms with Gasteiger partial charge in [-0.3, -0.25) is 4.79 Å². The number of halogens is 3. The topological polar surface area (TPSA) is 46.9 Å². The molecule has 1 aliphatic rings. The van der Waals surface area contributed by atoms with Gasteiger partial charge in [-0.1, -0.05) is 36.4 Å². The third-order valence-corrected chi connectivity index (χ3v) is 6.15. The Morgan fingerprint density at radius 2 is 1.79 bits per heavy atom.